The molecule has 0 amide bonds. The van der Waals surface area contributed by atoms with Crippen LogP contribution in [0.5, 0.6) is 0 Å². The third-order valence-electron chi connectivity index (χ3n) is 10.6. The van der Waals surface area contributed by atoms with Crippen molar-refractivity contribution >= 4 is 55.4 Å². The molecule has 0 N–H and O–H groups in total. The lowest BCUT2D eigenvalue weighted by atomic mass is 9.92. The Morgan fingerprint density at radius 1 is 0.446 bits per heavy atom. The van der Waals surface area contributed by atoms with Gasteiger partial charge in [-0.05, 0) is 85.8 Å². The van der Waals surface area contributed by atoms with Crippen LogP contribution in [-0.4, -0.2) is 15.0 Å². The van der Waals surface area contributed by atoms with E-state index in [1.165, 1.54) is 32.3 Å². The van der Waals surface area contributed by atoms with Gasteiger partial charge in [-0.1, -0.05) is 164 Å². The van der Waals surface area contributed by atoms with E-state index in [9.17, 15) is 0 Å². The zero-order valence-corrected chi connectivity index (χ0v) is 30.8. The van der Waals surface area contributed by atoms with Crippen LogP contribution < -0.4 is 10.6 Å². The van der Waals surface area contributed by atoms with Gasteiger partial charge < -0.3 is 4.42 Å². The van der Waals surface area contributed by atoms with E-state index in [0.717, 1.165) is 55.1 Å². The number of fused-ring (bicyclic) bond motifs is 7. The lowest BCUT2D eigenvalue weighted by Crippen LogP contribution is -2.22. The Morgan fingerprint density at radius 3 is 1.61 bits per heavy atom. The van der Waals surface area contributed by atoms with E-state index in [4.69, 9.17) is 19.4 Å². The summed E-state index contributed by atoms with van der Waals surface area (Å²) in [6, 6.07) is 59.2. The van der Waals surface area contributed by atoms with Crippen molar-refractivity contribution in [2.24, 2.45) is 0 Å². The first kappa shape index (κ1) is 33.2. The minimum Gasteiger partial charge on any atom is -0.455 e. The predicted molar refractivity (Wildman–Crippen MR) is 232 cm³/mol. The molecule has 0 bridgehead atoms. The molecule has 0 aliphatic carbocycles. The van der Waals surface area contributed by atoms with Gasteiger partial charge in [0.25, 0.3) is 0 Å². The number of benzene rings is 8. The summed E-state index contributed by atoms with van der Waals surface area (Å²) in [5.41, 5.74) is 8.31. The summed E-state index contributed by atoms with van der Waals surface area (Å²) in [5, 5.41) is 9.23. The molecule has 10 aromatic rings. The van der Waals surface area contributed by atoms with Crippen molar-refractivity contribution < 1.29 is 4.42 Å². The molecule has 264 valence electrons. The highest BCUT2D eigenvalue weighted by Crippen LogP contribution is 2.37. The predicted octanol–water partition coefficient (Wildman–Crippen LogP) is 11.9. The average molecular weight is 718 g/mol. The normalized spacial score (nSPS) is 12.3. The van der Waals surface area contributed by atoms with Crippen molar-refractivity contribution in [3.63, 3.8) is 0 Å². The van der Waals surface area contributed by atoms with Crippen LogP contribution in [0.25, 0.3) is 100 Å². The van der Waals surface area contributed by atoms with Crippen molar-refractivity contribution in [3.05, 3.63) is 198 Å². The summed E-state index contributed by atoms with van der Waals surface area (Å²) in [5.74, 6) is 1.67. The van der Waals surface area contributed by atoms with E-state index in [1.807, 2.05) is 79.7 Å². The summed E-state index contributed by atoms with van der Waals surface area (Å²) in [7, 11) is 0. The second-order valence-corrected chi connectivity index (χ2v) is 14.0. The van der Waals surface area contributed by atoms with Crippen LogP contribution in [-0.2, 0) is 0 Å². The SMILES string of the molecule is C=c1/c(=C(\C=C/C)c2nc(-c3ccccc3)nc(-c3cccc(-c4ccccc4)c3)n2)oc2cc(-c3ccc4c5ccccc5c5ccccc5c4c3)ccc12. The van der Waals surface area contributed by atoms with Crippen LogP contribution in [0.4, 0.5) is 0 Å². The molecule has 0 unspecified atom stereocenters. The number of rotatable bonds is 6. The van der Waals surface area contributed by atoms with Gasteiger partial charge in [0.2, 0.25) is 0 Å². The maximum atomic E-state index is 6.76. The molecule has 0 fully saturated rings. The van der Waals surface area contributed by atoms with E-state index in [-0.39, 0.29) is 0 Å². The molecule has 0 saturated carbocycles. The lowest BCUT2D eigenvalue weighted by molar-refractivity contribution is 0.573. The van der Waals surface area contributed by atoms with E-state index < -0.39 is 0 Å². The van der Waals surface area contributed by atoms with Crippen LogP contribution >= 0.6 is 0 Å². The van der Waals surface area contributed by atoms with Gasteiger partial charge >= 0.3 is 0 Å². The standard InChI is InChI=1S/C52H35N3O/c1-3-15-46(52-54-50(35-18-8-5-9-19-35)53-51(55-52)39-21-14-20-36(30-39)34-16-6-4-7-17-34)49-33(2)40-28-26-38(32-48(40)56-49)37-27-29-45-43-24-11-10-22-41(43)42-23-12-13-25-44(42)47(45)31-37/h3-32H,2H2,1H3/b15-3-,49-46-. The number of aromatic nitrogens is 3. The second kappa shape index (κ2) is 13.8. The highest BCUT2D eigenvalue weighted by atomic mass is 16.3. The Labute approximate surface area is 324 Å². The van der Waals surface area contributed by atoms with E-state index in [1.54, 1.807) is 0 Å². The summed E-state index contributed by atoms with van der Waals surface area (Å²) >= 11 is 0. The maximum absolute atomic E-state index is 6.76. The van der Waals surface area contributed by atoms with Gasteiger partial charge in [-0.2, -0.15) is 0 Å². The van der Waals surface area contributed by atoms with Crippen LogP contribution in [0.2, 0.25) is 0 Å². The van der Waals surface area contributed by atoms with E-state index in [2.05, 4.69) is 116 Å². The monoisotopic (exact) mass is 717 g/mol. The molecular formula is C52H35N3O. The molecular weight excluding hydrogens is 683 g/mol. The summed E-state index contributed by atoms with van der Waals surface area (Å²) in [6.07, 6.45) is 3.98. The fourth-order valence-corrected chi connectivity index (χ4v) is 7.86. The van der Waals surface area contributed by atoms with Crippen molar-refractivity contribution in [2.45, 2.75) is 6.92 Å². The molecule has 0 aliphatic heterocycles. The first-order valence-corrected chi connectivity index (χ1v) is 18.8. The number of hydrogen-bond acceptors (Lipinski definition) is 4. The Bertz CT molecular complexity index is 3240. The summed E-state index contributed by atoms with van der Waals surface area (Å²) in [4.78, 5) is 15.2. The molecule has 4 nitrogen and oxygen atoms in total. The van der Waals surface area contributed by atoms with Crippen molar-refractivity contribution in [2.75, 3.05) is 0 Å². The van der Waals surface area contributed by atoms with Gasteiger partial charge in [-0.25, -0.2) is 15.0 Å². The van der Waals surface area contributed by atoms with Crippen LogP contribution in [0.1, 0.15) is 12.7 Å². The minimum atomic E-state index is 0.509. The molecule has 4 heteroatoms. The van der Waals surface area contributed by atoms with Crippen molar-refractivity contribution in [3.8, 4) is 45.0 Å². The molecule has 0 saturated heterocycles. The van der Waals surface area contributed by atoms with Crippen LogP contribution in [0.3, 0.4) is 0 Å². The summed E-state index contributed by atoms with van der Waals surface area (Å²) < 4.78 is 6.76. The molecule has 10 rings (SSSR count). The Morgan fingerprint density at radius 2 is 0.946 bits per heavy atom. The topological polar surface area (TPSA) is 51.8 Å². The molecule has 56 heavy (non-hydrogen) atoms. The van der Waals surface area contributed by atoms with E-state index in [0.29, 0.717) is 22.9 Å². The Balaban J connectivity index is 1.14. The first-order chi connectivity index (χ1) is 27.6. The lowest BCUT2D eigenvalue weighted by Gasteiger charge is -2.12. The van der Waals surface area contributed by atoms with Crippen molar-refractivity contribution in [1.29, 1.82) is 0 Å². The number of furan rings is 1. The van der Waals surface area contributed by atoms with Crippen LogP contribution in [0, 0.1) is 0 Å². The van der Waals surface area contributed by atoms with Crippen molar-refractivity contribution in [1.82, 2.24) is 15.0 Å². The molecule has 2 aromatic heterocycles. The molecule has 0 atom stereocenters. The minimum absolute atomic E-state index is 0.509. The second-order valence-electron chi connectivity index (χ2n) is 14.0. The fraction of sp³-hybridized carbons (Fsp3) is 0.0192. The number of allylic oxidation sites excluding steroid dienone is 2. The first-order valence-electron chi connectivity index (χ1n) is 18.8. The molecule has 0 aliphatic rings. The smallest absolute Gasteiger partial charge is 0.167 e. The zero-order valence-electron chi connectivity index (χ0n) is 30.8. The third kappa shape index (κ3) is 5.76. The molecule has 8 aromatic carbocycles. The van der Waals surface area contributed by atoms with Gasteiger partial charge in [0.15, 0.2) is 17.5 Å². The van der Waals surface area contributed by atoms with Gasteiger partial charge in [-0.3, -0.25) is 0 Å². The molecule has 0 spiro atoms. The highest BCUT2D eigenvalue weighted by molar-refractivity contribution is 6.25. The quantitative estimate of drug-likeness (QED) is 0.161. The van der Waals surface area contributed by atoms with Gasteiger partial charge in [0.1, 0.15) is 11.0 Å². The van der Waals surface area contributed by atoms with Gasteiger partial charge in [0, 0.05) is 21.7 Å². The van der Waals surface area contributed by atoms with Gasteiger partial charge in [0.05, 0.1) is 5.57 Å². The average Bonchev–Trinajstić information content (AvgIpc) is 3.60. The highest BCUT2D eigenvalue weighted by Gasteiger charge is 2.17. The number of hydrogen-bond donors (Lipinski definition) is 0. The van der Waals surface area contributed by atoms with E-state index >= 15 is 0 Å². The molecule has 0 radical (unpaired) electrons. The zero-order chi connectivity index (χ0) is 37.6. The Hall–Kier alpha value is -7.43. The molecule has 2 heterocycles. The maximum Gasteiger partial charge on any atom is 0.167 e. The summed E-state index contributed by atoms with van der Waals surface area (Å²) in [6.45, 7) is 6.52. The number of nitrogens with zero attached hydrogens (tertiary/aromatic N) is 3. The van der Waals surface area contributed by atoms with Crippen LogP contribution in [0.15, 0.2) is 186 Å². The Kier molecular flexibility index (Phi) is 8.15. The van der Waals surface area contributed by atoms with Gasteiger partial charge in [-0.15, -0.1) is 0 Å². The largest absolute Gasteiger partial charge is 0.455 e. The fourth-order valence-electron chi connectivity index (χ4n) is 7.86. The third-order valence-corrected chi connectivity index (χ3v) is 10.6.